The van der Waals surface area contributed by atoms with Crippen molar-refractivity contribution >= 4 is 0 Å². The van der Waals surface area contributed by atoms with Gasteiger partial charge in [0.1, 0.15) is 5.75 Å². The number of ether oxygens (including phenoxy) is 3. The number of aromatic nitrogens is 1. The van der Waals surface area contributed by atoms with E-state index in [1.54, 1.807) is 12.4 Å². The zero-order valence-electron chi connectivity index (χ0n) is 13.1. The second-order valence-corrected chi connectivity index (χ2v) is 6.18. The van der Waals surface area contributed by atoms with Gasteiger partial charge < -0.3 is 19.5 Å². The lowest BCUT2D eigenvalue weighted by atomic mass is 9.84. The van der Waals surface area contributed by atoms with E-state index in [4.69, 9.17) is 14.2 Å². The Balaban J connectivity index is 1.33. The van der Waals surface area contributed by atoms with Gasteiger partial charge in [0.2, 0.25) is 0 Å². The van der Waals surface area contributed by atoms with Gasteiger partial charge in [0.25, 0.3) is 0 Å². The molecule has 2 fully saturated rings. The van der Waals surface area contributed by atoms with Crippen molar-refractivity contribution in [3.05, 3.63) is 24.5 Å². The van der Waals surface area contributed by atoms with Crippen molar-refractivity contribution in [2.45, 2.75) is 43.7 Å². The molecule has 0 aliphatic carbocycles. The largest absolute Gasteiger partial charge is 0.492 e. The summed E-state index contributed by atoms with van der Waals surface area (Å²) in [6.07, 6.45) is 8.80. The number of hydrogen-bond donors (Lipinski definition) is 1. The zero-order valence-corrected chi connectivity index (χ0v) is 13.1. The van der Waals surface area contributed by atoms with Crippen LogP contribution in [0.15, 0.2) is 24.5 Å². The van der Waals surface area contributed by atoms with Crippen LogP contribution in [0.5, 0.6) is 5.75 Å². The molecule has 2 aliphatic heterocycles. The van der Waals surface area contributed by atoms with E-state index in [1.165, 1.54) is 0 Å². The molecule has 0 radical (unpaired) electrons. The van der Waals surface area contributed by atoms with Crippen LogP contribution in [0.3, 0.4) is 0 Å². The summed E-state index contributed by atoms with van der Waals surface area (Å²) in [4.78, 5) is 4.04. The molecule has 1 spiro atoms. The average Bonchev–Trinajstić information content (AvgIpc) is 2.56. The third kappa shape index (κ3) is 4.41. The molecule has 1 atom stereocenters. The monoisotopic (exact) mass is 306 g/mol. The molecule has 122 valence electrons. The van der Waals surface area contributed by atoms with Gasteiger partial charge in [0.15, 0.2) is 0 Å². The highest BCUT2D eigenvalue weighted by Gasteiger charge is 2.38. The van der Waals surface area contributed by atoms with Crippen LogP contribution in [0, 0.1) is 0 Å². The molecular weight excluding hydrogens is 280 g/mol. The van der Waals surface area contributed by atoms with E-state index in [-0.39, 0.29) is 5.60 Å². The van der Waals surface area contributed by atoms with Crippen molar-refractivity contribution in [2.75, 3.05) is 33.0 Å². The summed E-state index contributed by atoms with van der Waals surface area (Å²) in [6.45, 7) is 4.25. The van der Waals surface area contributed by atoms with Gasteiger partial charge in [0.05, 0.1) is 18.4 Å². The average molecular weight is 306 g/mol. The third-order valence-electron chi connectivity index (χ3n) is 4.55. The molecular formula is C17H26N2O3. The topological polar surface area (TPSA) is 52.6 Å². The van der Waals surface area contributed by atoms with Crippen molar-refractivity contribution < 1.29 is 14.2 Å². The molecule has 0 bridgehead atoms. The van der Waals surface area contributed by atoms with Crippen LogP contribution < -0.4 is 10.1 Å². The molecule has 5 heteroatoms. The molecule has 1 aromatic heterocycles. The third-order valence-corrected chi connectivity index (χ3v) is 4.55. The Bertz CT molecular complexity index is 429. The lowest BCUT2D eigenvalue weighted by molar-refractivity contribution is -0.140. The van der Waals surface area contributed by atoms with Crippen LogP contribution in [0.1, 0.15) is 32.1 Å². The minimum atomic E-state index is 0.0698. The first-order chi connectivity index (χ1) is 10.9. The molecule has 1 aromatic rings. The van der Waals surface area contributed by atoms with Gasteiger partial charge in [-0.1, -0.05) is 0 Å². The Morgan fingerprint density at radius 3 is 3.05 bits per heavy atom. The van der Waals surface area contributed by atoms with E-state index in [0.717, 1.165) is 70.8 Å². The van der Waals surface area contributed by atoms with Crippen LogP contribution in [0.4, 0.5) is 0 Å². The van der Waals surface area contributed by atoms with Crippen LogP contribution >= 0.6 is 0 Å². The highest BCUT2D eigenvalue weighted by atomic mass is 16.5. The van der Waals surface area contributed by atoms with Gasteiger partial charge in [-0.2, -0.15) is 0 Å². The van der Waals surface area contributed by atoms with Gasteiger partial charge in [-0.15, -0.1) is 0 Å². The number of pyridine rings is 1. The van der Waals surface area contributed by atoms with Crippen LogP contribution in [0.2, 0.25) is 0 Å². The normalized spacial score (nSPS) is 24.3. The molecule has 3 heterocycles. The van der Waals surface area contributed by atoms with E-state index in [2.05, 4.69) is 10.3 Å². The van der Waals surface area contributed by atoms with Gasteiger partial charge in [-0.25, -0.2) is 0 Å². The Hall–Kier alpha value is -1.17. The van der Waals surface area contributed by atoms with Gasteiger partial charge in [0, 0.05) is 32.1 Å². The quantitative estimate of drug-likeness (QED) is 0.816. The Kier molecular flexibility index (Phi) is 5.64. The molecule has 5 nitrogen and oxygen atoms in total. The zero-order chi connectivity index (χ0) is 15.1. The Morgan fingerprint density at radius 2 is 2.23 bits per heavy atom. The minimum Gasteiger partial charge on any atom is -0.492 e. The number of nitrogens with one attached hydrogen (secondary N) is 1. The van der Waals surface area contributed by atoms with E-state index in [1.807, 2.05) is 12.1 Å². The van der Waals surface area contributed by atoms with E-state index >= 15 is 0 Å². The number of nitrogens with zero attached hydrogens (tertiary/aromatic N) is 1. The fraction of sp³-hybridized carbons (Fsp3) is 0.706. The van der Waals surface area contributed by atoms with Crippen molar-refractivity contribution in [2.24, 2.45) is 0 Å². The van der Waals surface area contributed by atoms with Crippen molar-refractivity contribution in [3.63, 3.8) is 0 Å². The smallest absolute Gasteiger partial charge is 0.137 e. The van der Waals surface area contributed by atoms with Crippen molar-refractivity contribution in [1.29, 1.82) is 0 Å². The number of hydrogen-bond acceptors (Lipinski definition) is 5. The summed E-state index contributed by atoms with van der Waals surface area (Å²) in [5.41, 5.74) is 0.0698. The van der Waals surface area contributed by atoms with E-state index in [0.29, 0.717) is 6.04 Å². The highest BCUT2D eigenvalue weighted by molar-refractivity contribution is 5.15. The predicted molar refractivity (Wildman–Crippen MR) is 84.1 cm³/mol. The second kappa shape index (κ2) is 7.90. The molecule has 0 unspecified atom stereocenters. The summed E-state index contributed by atoms with van der Waals surface area (Å²) in [5.74, 6) is 0.842. The molecule has 0 saturated carbocycles. The van der Waals surface area contributed by atoms with Crippen molar-refractivity contribution in [3.8, 4) is 5.75 Å². The molecule has 1 N–H and O–H groups in total. The molecule has 0 amide bonds. The Labute approximate surface area is 132 Å². The maximum absolute atomic E-state index is 6.07. The van der Waals surface area contributed by atoms with Gasteiger partial charge in [-0.05, 0) is 50.8 Å². The second-order valence-electron chi connectivity index (χ2n) is 6.18. The molecule has 2 saturated heterocycles. The summed E-state index contributed by atoms with van der Waals surface area (Å²) in [7, 11) is 0. The van der Waals surface area contributed by atoms with Gasteiger partial charge >= 0.3 is 0 Å². The predicted octanol–water partition coefficient (Wildman–Crippen LogP) is 2.17. The molecule has 3 rings (SSSR count). The SMILES string of the molecule is c1cncc(OCCCN[C@H]2CCOC3(CCOCC3)C2)c1. The van der Waals surface area contributed by atoms with Gasteiger partial charge in [-0.3, -0.25) is 4.98 Å². The van der Waals surface area contributed by atoms with Crippen LogP contribution in [-0.4, -0.2) is 49.6 Å². The fourth-order valence-corrected chi connectivity index (χ4v) is 3.29. The maximum atomic E-state index is 6.07. The lowest BCUT2D eigenvalue weighted by Gasteiger charge is -2.43. The number of rotatable bonds is 6. The van der Waals surface area contributed by atoms with Crippen LogP contribution in [-0.2, 0) is 9.47 Å². The first-order valence-corrected chi connectivity index (χ1v) is 8.34. The lowest BCUT2D eigenvalue weighted by Crippen LogP contribution is -2.50. The molecule has 22 heavy (non-hydrogen) atoms. The first-order valence-electron chi connectivity index (χ1n) is 8.34. The summed E-state index contributed by atoms with van der Waals surface area (Å²) >= 11 is 0. The first kappa shape index (κ1) is 15.7. The summed E-state index contributed by atoms with van der Waals surface area (Å²) in [6, 6.07) is 4.39. The Morgan fingerprint density at radius 1 is 1.32 bits per heavy atom. The highest BCUT2D eigenvalue weighted by Crippen LogP contribution is 2.34. The molecule has 0 aromatic carbocycles. The summed E-state index contributed by atoms with van der Waals surface area (Å²) in [5, 5.41) is 3.66. The minimum absolute atomic E-state index is 0.0698. The van der Waals surface area contributed by atoms with Crippen molar-refractivity contribution in [1.82, 2.24) is 10.3 Å². The molecule has 2 aliphatic rings. The van der Waals surface area contributed by atoms with Crippen LogP contribution in [0.25, 0.3) is 0 Å². The maximum Gasteiger partial charge on any atom is 0.137 e. The summed E-state index contributed by atoms with van der Waals surface area (Å²) < 4.78 is 17.2. The van der Waals surface area contributed by atoms with E-state index in [9.17, 15) is 0 Å². The fourth-order valence-electron chi connectivity index (χ4n) is 3.29. The van der Waals surface area contributed by atoms with E-state index < -0.39 is 0 Å². The standard InChI is InChI=1S/C17H26N2O3/c1-3-16(14-18-7-1)21-9-2-8-19-15-4-10-22-17(13-15)5-11-20-12-6-17/h1,3,7,14-15,19H,2,4-6,8-13H2/t15-/m0/s1.